The molecule has 1 saturated heterocycles. The molecule has 1 fully saturated rings. The Kier molecular flexibility index (Phi) is 5.06. The van der Waals surface area contributed by atoms with Crippen molar-refractivity contribution < 1.29 is 0 Å². The minimum atomic E-state index is 0.558. The second kappa shape index (κ2) is 6.58. The molecule has 1 atom stereocenters. The van der Waals surface area contributed by atoms with E-state index in [4.69, 9.17) is 16.6 Å². The Morgan fingerprint density at radius 3 is 2.84 bits per heavy atom. The smallest absolute Gasteiger partial charge is 0.128 e. The molecule has 0 saturated carbocycles. The Bertz CT molecular complexity index is 400. The van der Waals surface area contributed by atoms with Crippen LogP contribution in [-0.2, 0) is 12.3 Å². The summed E-state index contributed by atoms with van der Waals surface area (Å²) in [7, 11) is 4.33. The van der Waals surface area contributed by atoms with E-state index in [2.05, 4.69) is 43.0 Å². The fourth-order valence-corrected chi connectivity index (χ4v) is 2.90. The van der Waals surface area contributed by atoms with E-state index < -0.39 is 0 Å². The van der Waals surface area contributed by atoms with Gasteiger partial charge in [0.2, 0.25) is 0 Å². The van der Waals surface area contributed by atoms with Crippen molar-refractivity contribution in [3.63, 3.8) is 0 Å². The van der Waals surface area contributed by atoms with Gasteiger partial charge >= 0.3 is 0 Å². The minimum Gasteiger partial charge on any atom is -0.359 e. The highest BCUT2D eigenvalue weighted by Gasteiger charge is 2.21. The molecular formula is C15H24ClN3. The summed E-state index contributed by atoms with van der Waals surface area (Å²) >= 11 is 5.97. The number of hydrogen-bond donors (Lipinski definition) is 0. The van der Waals surface area contributed by atoms with Gasteiger partial charge in [0, 0.05) is 31.7 Å². The molecule has 1 aliphatic heterocycles. The van der Waals surface area contributed by atoms with Crippen LogP contribution in [0, 0.1) is 5.92 Å². The number of rotatable bonds is 5. The summed E-state index contributed by atoms with van der Waals surface area (Å²) in [4.78, 5) is 9.39. The lowest BCUT2D eigenvalue weighted by molar-refractivity contribution is 0.395. The highest BCUT2D eigenvalue weighted by Crippen LogP contribution is 2.20. The Morgan fingerprint density at radius 1 is 1.47 bits per heavy atom. The fraction of sp³-hybridized carbons (Fsp3) is 0.667. The van der Waals surface area contributed by atoms with Crippen LogP contribution in [0.2, 0.25) is 0 Å². The first kappa shape index (κ1) is 14.6. The summed E-state index contributed by atoms with van der Waals surface area (Å²) in [6.07, 6.45) is 2.24. The number of hydrogen-bond acceptors (Lipinski definition) is 3. The number of alkyl halides is 1. The zero-order valence-corrected chi connectivity index (χ0v) is 13.0. The van der Waals surface area contributed by atoms with Gasteiger partial charge in [0.15, 0.2) is 0 Å². The highest BCUT2D eigenvalue weighted by molar-refractivity contribution is 6.17. The van der Waals surface area contributed by atoms with Crippen molar-refractivity contribution >= 4 is 17.4 Å². The van der Waals surface area contributed by atoms with E-state index in [-0.39, 0.29) is 0 Å². The summed E-state index contributed by atoms with van der Waals surface area (Å²) in [5, 5.41) is 0. The maximum Gasteiger partial charge on any atom is 0.128 e. The van der Waals surface area contributed by atoms with Gasteiger partial charge in [-0.1, -0.05) is 6.92 Å². The summed E-state index contributed by atoms with van der Waals surface area (Å²) in [5.74, 6) is 2.37. The van der Waals surface area contributed by atoms with Crippen LogP contribution >= 0.6 is 11.6 Å². The lowest BCUT2D eigenvalue weighted by Crippen LogP contribution is -2.28. The lowest BCUT2D eigenvalue weighted by atomic mass is 10.1. The van der Waals surface area contributed by atoms with Gasteiger partial charge in [0.1, 0.15) is 5.82 Å². The van der Waals surface area contributed by atoms with Crippen molar-refractivity contribution in [2.45, 2.75) is 25.6 Å². The van der Waals surface area contributed by atoms with E-state index in [0.29, 0.717) is 5.88 Å². The van der Waals surface area contributed by atoms with E-state index in [1.54, 1.807) is 0 Å². The molecule has 1 aromatic rings. The van der Waals surface area contributed by atoms with Gasteiger partial charge in [-0.2, -0.15) is 0 Å². The van der Waals surface area contributed by atoms with Gasteiger partial charge < -0.3 is 9.80 Å². The summed E-state index contributed by atoms with van der Waals surface area (Å²) < 4.78 is 0. The molecule has 106 valence electrons. The Labute approximate surface area is 121 Å². The van der Waals surface area contributed by atoms with Crippen LogP contribution in [0.5, 0.6) is 0 Å². The molecular weight excluding hydrogens is 258 g/mol. The van der Waals surface area contributed by atoms with Crippen molar-refractivity contribution in [3.8, 4) is 0 Å². The molecule has 0 amide bonds. The lowest BCUT2D eigenvalue weighted by Gasteiger charge is -2.23. The number of anilines is 1. The average molecular weight is 282 g/mol. The van der Waals surface area contributed by atoms with Crippen molar-refractivity contribution in [1.29, 1.82) is 0 Å². The first-order valence-electron chi connectivity index (χ1n) is 7.07. The van der Waals surface area contributed by atoms with E-state index in [1.165, 1.54) is 25.1 Å². The van der Waals surface area contributed by atoms with Crippen LogP contribution in [0.1, 0.15) is 24.6 Å². The SMILES string of the molecule is CCc1cc(CCl)cc(N(C)CC2CCN(C)C2)n1. The van der Waals surface area contributed by atoms with Crippen molar-refractivity contribution in [2.75, 3.05) is 38.6 Å². The van der Waals surface area contributed by atoms with Crippen molar-refractivity contribution in [1.82, 2.24) is 9.88 Å². The second-order valence-corrected chi connectivity index (χ2v) is 5.88. The zero-order valence-electron chi connectivity index (χ0n) is 12.2. The predicted molar refractivity (Wildman–Crippen MR) is 82.0 cm³/mol. The summed E-state index contributed by atoms with van der Waals surface area (Å²) in [6, 6.07) is 4.22. The van der Waals surface area contributed by atoms with Crippen LogP contribution in [-0.4, -0.2) is 43.6 Å². The third-order valence-electron chi connectivity index (χ3n) is 3.85. The molecule has 1 aliphatic rings. The summed E-state index contributed by atoms with van der Waals surface area (Å²) in [6.45, 7) is 5.62. The standard InChI is InChI=1S/C15H24ClN3/c1-4-14-7-13(9-16)8-15(17-14)19(3)11-12-5-6-18(2)10-12/h7-8,12H,4-6,9-11H2,1-3H3. The number of pyridine rings is 1. The first-order valence-corrected chi connectivity index (χ1v) is 7.61. The number of nitrogens with zero attached hydrogens (tertiary/aromatic N) is 3. The highest BCUT2D eigenvalue weighted by atomic mass is 35.5. The third kappa shape index (κ3) is 3.83. The molecule has 0 bridgehead atoms. The number of aryl methyl sites for hydroxylation is 1. The number of halogens is 1. The predicted octanol–water partition coefficient (Wildman–Crippen LogP) is 2.77. The van der Waals surface area contributed by atoms with Crippen molar-refractivity contribution in [2.24, 2.45) is 5.92 Å². The van der Waals surface area contributed by atoms with Crippen LogP contribution in [0.15, 0.2) is 12.1 Å². The molecule has 2 rings (SSSR count). The molecule has 0 N–H and O–H groups in total. The van der Waals surface area contributed by atoms with Gasteiger partial charge in [0.25, 0.3) is 0 Å². The van der Waals surface area contributed by atoms with E-state index in [0.717, 1.165) is 30.4 Å². The molecule has 1 aromatic heterocycles. The van der Waals surface area contributed by atoms with Crippen LogP contribution < -0.4 is 4.90 Å². The van der Waals surface area contributed by atoms with Gasteiger partial charge in [0.05, 0.1) is 0 Å². The van der Waals surface area contributed by atoms with E-state index in [9.17, 15) is 0 Å². The van der Waals surface area contributed by atoms with Crippen LogP contribution in [0.4, 0.5) is 5.82 Å². The molecule has 0 aliphatic carbocycles. The van der Waals surface area contributed by atoms with Gasteiger partial charge in [-0.3, -0.25) is 0 Å². The molecule has 0 radical (unpaired) electrons. The molecule has 1 unspecified atom stereocenters. The molecule has 3 nitrogen and oxygen atoms in total. The second-order valence-electron chi connectivity index (χ2n) is 5.61. The molecule has 0 spiro atoms. The van der Waals surface area contributed by atoms with Gasteiger partial charge in [-0.25, -0.2) is 4.98 Å². The maximum absolute atomic E-state index is 5.97. The van der Waals surface area contributed by atoms with Gasteiger partial charge in [-0.05, 0) is 50.0 Å². The normalized spacial score (nSPS) is 19.9. The molecule has 2 heterocycles. The van der Waals surface area contributed by atoms with E-state index >= 15 is 0 Å². The van der Waals surface area contributed by atoms with Gasteiger partial charge in [-0.15, -0.1) is 11.6 Å². The zero-order chi connectivity index (χ0) is 13.8. The quantitative estimate of drug-likeness (QED) is 0.774. The van der Waals surface area contributed by atoms with Crippen LogP contribution in [0.3, 0.4) is 0 Å². The largest absolute Gasteiger partial charge is 0.359 e. The minimum absolute atomic E-state index is 0.558. The third-order valence-corrected chi connectivity index (χ3v) is 4.16. The molecule has 4 heteroatoms. The molecule has 0 aromatic carbocycles. The topological polar surface area (TPSA) is 19.4 Å². The number of aromatic nitrogens is 1. The monoisotopic (exact) mass is 281 g/mol. The Morgan fingerprint density at radius 2 is 2.26 bits per heavy atom. The number of likely N-dealkylation sites (tertiary alicyclic amines) is 1. The Balaban J connectivity index is 2.07. The average Bonchev–Trinajstić information content (AvgIpc) is 2.83. The first-order chi connectivity index (χ1) is 9.12. The fourth-order valence-electron chi connectivity index (χ4n) is 2.74. The maximum atomic E-state index is 5.97. The molecule has 19 heavy (non-hydrogen) atoms. The van der Waals surface area contributed by atoms with Crippen LogP contribution in [0.25, 0.3) is 0 Å². The van der Waals surface area contributed by atoms with Crippen molar-refractivity contribution in [3.05, 3.63) is 23.4 Å². The Hall–Kier alpha value is -0.800. The summed E-state index contributed by atoms with van der Waals surface area (Å²) in [5.41, 5.74) is 2.29. The van der Waals surface area contributed by atoms with E-state index in [1.807, 2.05) is 0 Å².